The molecule has 0 fully saturated rings. The van der Waals surface area contributed by atoms with Crippen LogP contribution in [0.5, 0.6) is 0 Å². The van der Waals surface area contributed by atoms with Gasteiger partial charge in [0, 0.05) is 24.2 Å². The Morgan fingerprint density at radius 3 is 2.36 bits per heavy atom. The van der Waals surface area contributed by atoms with Gasteiger partial charge < -0.3 is 11.1 Å². The molecule has 14 heavy (non-hydrogen) atoms. The molecule has 0 heterocycles. The highest BCUT2D eigenvalue weighted by atomic mass is 19.1. The van der Waals surface area contributed by atoms with Crippen molar-refractivity contribution in [3.8, 4) is 0 Å². The number of nitrogens with one attached hydrogen (secondary N) is 1. The molecule has 0 radical (unpaired) electrons. The van der Waals surface area contributed by atoms with E-state index >= 15 is 0 Å². The van der Waals surface area contributed by atoms with Crippen LogP contribution in [0.3, 0.4) is 0 Å². The van der Waals surface area contributed by atoms with Gasteiger partial charge in [0.1, 0.15) is 11.6 Å². The standard InChI is InChI=1S/C10H14F2N2/c1-2-14-6-8-4-9(11)7(5-13)3-10(8)12/h3-4,14H,2,5-6,13H2,1H3. The summed E-state index contributed by atoms with van der Waals surface area (Å²) in [6.07, 6.45) is 0. The van der Waals surface area contributed by atoms with Gasteiger partial charge in [-0.3, -0.25) is 0 Å². The molecule has 0 aliphatic heterocycles. The highest BCUT2D eigenvalue weighted by Gasteiger charge is 2.07. The Bertz CT molecular complexity index is 313. The molecule has 0 bridgehead atoms. The molecule has 0 aliphatic carbocycles. The van der Waals surface area contributed by atoms with Crippen molar-refractivity contribution >= 4 is 0 Å². The number of halogens is 2. The third kappa shape index (κ3) is 2.49. The van der Waals surface area contributed by atoms with E-state index in [-0.39, 0.29) is 12.1 Å². The van der Waals surface area contributed by atoms with Crippen molar-refractivity contribution < 1.29 is 8.78 Å². The first-order valence-corrected chi connectivity index (χ1v) is 4.56. The third-order valence-electron chi connectivity index (χ3n) is 2.00. The SMILES string of the molecule is CCNCc1cc(F)c(CN)cc1F. The second kappa shape index (κ2) is 5.02. The molecule has 0 atom stereocenters. The molecule has 0 spiro atoms. The fourth-order valence-corrected chi connectivity index (χ4v) is 1.18. The summed E-state index contributed by atoms with van der Waals surface area (Å²) in [4.78, 5) is 0. The van der Waals surface area contributed by atoms with Gasteiger partial charge in [0.15, 0.2) is 0 Å². The average molecular weight is 200 g/mol. The molecule has 3 N–H and O–H groups in total. The van der Waals surface area contributed by atoms with Crippen LogP contribution < -0.4 is 11.1 Å². The van der Waals surface area contributed by atoms with Crippen LogP contribution in [0.15, 0.2) is 12.1 Å². The van der Waals surface area contributed by atoms with Gasteiger partial charge in [-0.15, -0.1) is 0 Å². The Morgan fingerprint density at radius 1 is 1.21 bits per heavy atom. The first kappa shape index (κ1) is 11.1. The fourth-order valence-electron chi connectivity index (χ4n) is 1.18. The van der Waals surface area contributed by atoms with Gasteiger partial charge in [0.05, 0.1) is 0 Å². The van der Waals surface area contributed by atoms with Crippen molar-refractivity contribution in [3.05, 3.63) is 34.9 Å². The minimum atomic E-state index is -0.443. The second-order valence-corrected chi connectivity index (χ2v) is 3.02. The number of hydrogen-bond acceptors (Lipinski definition) is 2. The molecule has 0 amide bonds. The highest BCUT2D eigenvalue weighted by Crippen LogP contribution is 2.14. The van der Waals surface area contributed by atoms with Crippen LogP contribution >= 0.6 is 0 Å². The summed E-state index contributed by atoms with van der Waals surface area (Å²) in [6, 6.07) is 2.35. The molecule has 1 aromatic carbocycles. The van der Waals surface area contributed by atoms with Crippen LogP contribution in [-0.4, -0.2) is 6.54 Å². The zero-order chi connectivity index (χ0) is 10.6. The number of hydrogen-bond donors (Lipinski definition) is 2. The predicted octanol–water partition coefficient (Wildman–Crippen LogP) is 1.53. The monoisotopic (exact) mass is 200 g/mol. The Morgan fingerprint density at radius 2 is 1.79 bits per heavy atom. The van der Waals surface area contributed by atoms with E-state index in [1.54, 1.807) is 0 Å². The minimum Gasteiger partial charge on any atom is -0.326 e. The summed E-state index contributed by atoms with van der Waals surface area (Å²) < 4.78 is 26.5. The Hall–Kier alpha value is -1.00. The molecule has 0 aromatic heterocycles. The van der Waals surface area contributed by atoms with Crippen LogP contribution in [0.25, 0.3) is 0 Å². The lowest BCUT2D eigenvalue weighted by Crippen LogP contribution is -2.14. The quantitative estimate of drug-likeness (QED) is 0.773. The zero-order valence-corrected chi connectivity index (χ0v) is 8.11. The van der Waals surface area contributed by atoms with E-state index in [2.05, 4.69) is 5.32 Å². The lowest BCUT2D eigenvalue weighted by atomic mass is 10.1. The smallest absolute Gasteiger partial charge is 0.128 e. The number of nitrogens with two attached hydrogens (primary N) is 1. The lowest BCUT2D eigenvalue weighted by Gasteiger charge is -2.06. The largest absolute Gasteiger partial charge is 0.326 e. The second-order valence-electron chi connectivity index (χ2n) is 3.02. The summed E-state index contributed by atoms with van der Waals surface area (Å²) in [5.41, 5.74) is 5.79. The maximum absolute atomic E-state index is 13.3. The molecule has 4 heteroatoms. The van der Waals surface area contributed by atoms with Crippen molar-refractivity contribution in [2.45, 2.75) is 20.0 Å². The predicted molar refractivity (Wildman–Crippen MR) is 51.6 cm³/mol. The average Bonchev–Trinajstić information content (AvgIpc) is 2.18. The van der Waals surface area contributed by atoms with Gasteiger partial charge in [-0.25, -0.2) is 8.78 Å². The Labute approximate surface area is 82.1 Å². The van der Waals surface area contributed by atoms with Crippen molar-refractivity contribution in [1.82, 2.24) is 5.32 Å². The molecular weight excluding hydrogens is 186 g/mol. The van der Waals surface area contributed by atoms with Crippen molar-refractivity contribution in [2.75, 3.05) is 6.54 Å². The Balaban J connectivity index is 2.90. The van der Waals surface area contributed by atoms with E-state index in [4.69, 9.17) is 5.73 Å². The third-order valence-corrected chi connectivity index (χ3v) is 2.00. The molecule has 1 rings (SSSR count). The molecule has 0 saturated heterocycles. The zero-order valence-electron chi connectivity index (χ0n) is 8.11. The molecular formula is C10H14F2N2. The summed E-state index contributed by atoms with van der Waals surface area (Å²) in [6.45, 7) is 2.98. The lowest BCUT2D eigenvalue weighted by molar-refractivity contribution is 0.562. The van der Waals surface area contributed by atoms with E-state index < -0.39 is 11.6 Å². The fraction of sp³-hybridized carbons (Fsp3) is 0.400. The highest BCUT2D eigenvalue weighted by molar-refractivity contribution is 5.26. The van der Waals surface area contributed by atoms with Crippen LogP contribution in [0, 0.1) is 11.6 Å². The van der Waals surface area contributed by atoms with E-state index in [1.165, 1.54) is 6.07 Å². The summed E-state index contributed by atoms with van der Waals surface area (Å²) in [7, 11) is 0. The summed E-state index contributed by atoms with van der Waals surface area (Å²) in [5.74, 6) is -0.852. The molecule has 0 aliphatic rings. The van der Waals surface area contributed by atoms with E-state index in [0.29, 0.717) is 12.1 Å². The first-order valence-electron chi connectivity index (χ1n) is 4.56. The van der Waals surface area contributed by atoms with Gasteiger partial charge in [-0.2, -0.15) is 0 Å². The molecule has 78 valence electrons. The van der Waals surface area contributed by atoms with E-state index in [0.717, 1.165) is 12.6 Å². The molecule has 0 unspecified atom stereocenters. The van der Waals surface area contributed by atoms with Crippen molar-refractivity contribution in [1.29, 1.82) is 0 Å². The summed E-state index contributed by atoms with van der Waals surface area (Å²) >= 11 is 0. The van der Waals surface area contributed by atoms with Gasteiger partial charge >= 0.3 is 0 Å². The van der Waals surface area contributed by atoms with E-state index in [9.17, 15) is 8.78 Å². The minimum absolute atomic E-state index is 0.0181. The van der Waals surface area contributed by atoms with Crippen LogP contribution in [0.2, 0.25) is 0 Å². The maximum atomic E-state index is 13.3. The van der Waals surface area contributed by atoms with Crippen molar-refractivity contribution in [2.24, 2.45) is 5.73 Å². The van der Waals surface area contributed by atoms with Crippen molar-refractivity contribution in [3.63, 3.8) is 0 Å². The van der Waals surface area contributed by atoms with Gasteiger partial charge in [0.2, 0.25) is 0 Å². The van der Waals surface area contributed by atoms with Crippen LogP contribution in [-0.2, 0) is 13.1 Å². The molecule has 0 saturated carbocycles. The first-order chi connectivity index (χ1) is 6.69. The van der Waals surface area contributed by atoms with Crippen LogP contribution in [0.4, 0.5) is 8.78 Å². The van der Waals surface area contributed by atoms with Crippen LogP contribution in [0.1, 0.15) is 18.1 Å². The number of benzene rings is 1. The Kier molecular flexibility index (Phi) is 3.98. The summed E-state index contributed by atoms with van der Waals surface area (Å²) in [5, 5.41) is 2.93. The molecule has 2 nitrogen and oxygen atoms in total. The van der Waals surface area contributed by atoms with E-state index in [1.807, 2.05) is 6.92 Å². The number of rotatable bonds is 4. The van der Waals surface area contributed by atoms with Gasteiger partial charge in [-0.1, -0.05) is 6.92 Å². The molecule has 1 aromatic rings. The normalized spacial score (nSPS) is 10.6. The van der Waals surface area contributed by atoms with Gasteiger partial charge in [0.25, 0.3) is 0 Å². The topological polar surface area (TPSA) is 38.0 Å². The van der Waals surface area contributed by atoms with Gasteiger partial charge in [-0.05, 0) is 18.7 Å². The maximum Gasteiger partial charge on any atom is 0.128 e.